The third kappa shape index (κ3) is 9.65. The molecule has 0 radical (unpaired) electrons. The van der Waals surface area contributed by atoms with Crippen LogP contribution in [0.1, 0.15) is 13.8 Å². The molecule has 0 saturated heterocycles. The van der Waals surface area contributed by atoms with Crippen LogP contribution in [0, 0.1) is 0 Å². The average molecular weight is 221 g/mol. The largest absolute Gasteiger partial charge is 0.357 e. The highest BCUT2D eigenvalue weighted by Crippen LogP contribution is 1.92. The van der Waals surface area contributed by atoms with Crippen LogP contribution in [0.25, 0.3) is 0 Å². The zero-order valence-corrected chi connectivity index (χ0v) is 8.99. The number of hydrogen-bond acceptors (Lipinski definition) is 4. The molecule has 0 rings (SSSR count). The van der Waals surface area contributed by atoms with E-state index in [1.165, 1.54) is 6.08 Å². The Morgan fingerprint density at radius 3 is 2.31 bits per heavy atom. The molecule has 0 fully saturated rings. The molecule has 0 bridgehead atoms. The molecule has 4 nitrogen and oxygen atoms in total. The van der Waals surface area contributed by atoms with Gasteiger partial charge in [0.25, 0.3) is 0 Å². The van der Waals surface area contributed by atoms with E-state index >= 15 is 0 Å². The van der Waals surface area contributed by atoms with E-state index in [4.69, 9.17) is 9.47 Å². The van der Waals surface area contributed by atoms with Gasteiger partial charge in [0.2, 0.25) is 6.08 Å². The minimum absolute atomic E-state index is 0. The van der Waals surface area contributed by atoms with Gasteiger partial charge in [-0.05, 0) is 24.8 Å². The Balaban J connectivity index is 0. The standard InChI is InChI=1S/C7H15NO3Si.H4Si/c1-3-10-7(11-4-2)12-6-8-5-9;/h7H,3-4,6,12H2,1-2H3;1H4. The Kier molecular flexibility index (Phi) is 13.7. The third-order valence-electron chi connectivity index (χ3n) is 1.25. The molecular formula is C7H19NO3Si2. The first-order chi connectivity index (χ1) is 5.85. The first-order valence-corrected chi connectivity index (χ1v) is 5.93. The summed E-state index contributed by atoms with van der Waals surface area (Å²) in [5, 5.41) is 0. The van der Waals surface area contributed by atoms with Gasteiger partial charge in [0.1, 0.15) is 15.4 Å². The van der Waals surface area contributed by atoms with Crippen LogP contribution >= 0.6 is 0 Å². The number of ether oxygens (including phenoxy) is 2. The minimum atomic E-state index is -0.581. The summed E-state index contributed by atoms with van der Waals surface area (Å²) in [6.07, 6.45) is 2.06. The second-order valence-corrected chi connectivity index (χ2v) is 3.79. The predicted molar refractivity (Wildman–Crippen MR) is 59.9 cm³/mol. The van der Waals surface area contributed by atoms with Crippen molar-refractivity contribution in [2.75, 3.05) is 19.4 Å². The van der Waals surface area contributed by atoms with Gasteiger partial charge in [-0.15, -0.1) is 0 Å². The maximum atomic E-state index is 9.75. The van der Waals surface area contributed by atoms with Crippen LogP contribution in [-0.4, -0.2) is 51.9 Å². The normalized spacial score (nSPS) is 10.1. The molecule has 0 N–H and O–H groups in total. The smallest absolute Gasteiger partial charge is 0.234 e. The van der Waals surface area contributed by atoms with E-state index in [1.54, 1.807) is 0 Å². The third-order valence-corrected chi connectivity index (χ3v) is 2.67. The second kappa shape index (κ2) is 11.7. The van der Waals surface area contributed by atoms with Crippen LogP contribution in [0.3, 0.4) is 0 Å². The van der Waals surface area contributed by atoms with Crippen LogP contribution in [-0.2, 0) is 14.3 Å². The summed E-state index contributed by atoms with van der Waals surface area (Å²) in [4.78, 5) is 13.2. The highest BCUT2D eigenvalue weighted by atomic mass is 28.2. The van der Waals surface area contributed by atoms with Gasteiger partial charge >= 0.3 is 0 Å². The van der Waals surface area contributed by atoms with Crippen LogP contribution in [0.15, 0.2) is 4.99 Å². The lowest BCUT2D eigenvalue weighted by atomic mass is 10.8. The SMILES string of the molecule is CCOC(OCC)[SiH2]CN=C=O.[SiH4]. The molecule has 0 aliphatic carbocycles. The van der Waals surface area contributed by atoms with Crippen molar-refractivity contribution in [3.8, 4) is 0 Å². The van der Waals surface area contributed by atoms with E-state index in [2.05, 4.69) is 4.99 Å². The Morgan fingerprint density at radius 2 is 1.92 bits per heavy atom. The lowest BCUT2D eigenvalue weighted by molar-refractivity contribution is -0.0826. The summed E-state index contributed by atoms with van der Waals surface area (Å²) in [6, 6.07) is 0. The summed E-state index contributed by atoms with van der Waals surface area (Å²) in [7, 11) is -0.581. The van der Waals surface area contributed by atoms with Crippen molar-refractivity contribution in [3.05, 3.63) is 0 Å². The van der Waals surface area contributed by atoms with Crippen molar-refractivity contribution < 1.29 is 14.3 Å². The molecule has 0 spiro atoms. The summed E-state index contributed by atoms with van der Waals surface area (Å²) in [5.41, 5.74) is 0. The summed E-state index contributed by atoms with van der Waals surface area (Å²) in [5.74, 6) is -0.0999. The van der Waals surface area contributed by atoms with Gasteiger partial charge in [-0.2, -0.15) is 0 Å². The van der Waals surface area contributed by atoms with E-state index in [0.717, 1.165) is 0 Å². The molecule has 0 aromatic carbocycles. The van der Waals surface area contributed by atoms with Gasteiger partial charge in [0, 0.05) is 19.4 Å². The van der Waals surface area contributed by atoms with Crippen LogP contribution in [0.4, 0.5) is 0 Å². The molecule has 0 atom stereocenters. The first kappa shape index (κ1) is 15.2. The zero-order chi connectivity index (χ0) is 9.23. The number of hydrogen-bond donors (Lipinski definition) is 0. The van der Waals surface area contributed by atoms with Gasteiger partial charge in [-0.1, -0.05) is 0 Å². The Labute approximate surface area is 85.6 Å². The molecule has 13 heavy (non-hydrogen) atoms. The van der Waals surface area contributed by atoms with Gasteiger partial charge in [0.05, 0.1) is 0 Å². The molecule has 0 heterocycles. The monoisotopic (exact) mass is 221 g/mol. The Morgan fingerprint density at radius 1 is 1.38 bits per heavy atom. The topological polar surface area (TPSA) is 47.9 Å². The van der Waals surface area contributed by atoms with E-state index in [1.807, 2.05) is 13.8 Å². The van der Waals surface area contributed by atoms with Gasteiger partial charge < -0.3 is 9.47 Å². The van der Waals surface area contributed by atoms with E-state index in [-0.39, 0.29) is 16.9 Å². The Bertz CT molecular complexity index is 145. The van der Waals surface area contributed by atoms with Crippen molar-refractivity contribution >= 4 is 26.6 Å². The van der Waals surface area contributed by atoms with Gasteiger partial charge in [0.15, 0.2) is 0 Å². The van der Waals surface area contributed by atoms with Gasteiger partial charge in [-0.3, -0.25) is 0 Å². The maximum Gasteiger partial charge on any atom is 0.234 e. The van der Waals surface area contributed by atoms with Crippen molar-refractivity contribution in [2.45, 2.75) is 19.8 Å². The lowest BCUT2D eigenvalue weighted by Gasteiger charge is -2.14. The van der Waals surface area contributed by atoms with Crippen LogP contribution in [0.2, 0.25) is 0 Å². The van der Waals surface area contributed by atoms with Crippen LogP contribution in [0.5, 0.6) is 0 Å². The molecule has 0 amide bonds. The molecule has 0 aliphatic heterocycles. The highest BCUT2D eigenvalue weighted by Gasteiger charge is 2.06. The fourth-order valence-corrected chi connectivity index (χ4v) is 2.04. The fraction of sp³-hybridized carbons (Fsp3) is 0.857. The maximum absolute atomic E-state index is 9.75. The minimum Gasteiger partial charge on any atom is -0.357 e. The zero-order valence-electron chi connectivity index (χ0n) is 7.58. The Hall–Kier alpha value is -0.266. The predicted octanol–water partition coefficient (Wildman–Crippen LogP) is -1.65. The molecule has 0 aromatic heterocycles. The summed E-state index contributed by atoms with van der Waals surface area (Å²) in [6.45, 7) is 5.12. The van der Waals surface area contributed by atoms with Crippen LogP contribution < -0.4 is 0 Å². The van der Waals surface area contributed by atoms with Crippen molar-refractivity contribution in [1.82, 2.24) is 0 Å². The molecule has 0 saturated carbocycles. The number of nitrogens with zero attached hydrogens (tertiary/aromatic N) is 1. The van der Waals surface area contributed by atoms with Crippen molar-refractivity contribution in [2.24, 2.45) is 4.99 Å². The number of rotatable bonds is 7. The second-order valence-electron chi connectivity index (χ2n) is 2.10. The summed E-state index contributed by atoms with van der Waals surface area (Å²) >= 11 is 0. The molecule has 78 valence electrons. The molecular weight excluding hydrogens is 202 g/mol. The number of aliphatic imine (C=N–C) groups is 1. The average Bonchev–Trinajstić information content (AvgIpc) is 2.06. The van der Waals surface area contributed by atoms with E-state index in [0.29, 0.717) is 19.4 Å². The highest BCUT2D eigenvalue weighted by molar-refractivity contribution is 6.36. The molecule has 0 aliphatic rings. The van der Waals surface area contributed by atoms with Crippen molar-refractivity contribution in [3.63, 3.8) is 0 Å². The molecule has 0 aromatic rings. The molecule has 0 unspecified atom stereocenters. The fourth-order valence-electron chi connectivity index (χ4n) is 0.802. The van der Waals surface area contributed by atoms with Gasteiger partial charge in [-0.25, -0.2) is 9.79 Å². The van der Waals surface area contributed by atoms with E-state index < -0.39 is 9.52 Å². The van der Waals surface area contributed by atoms with E-state index in [9.17, 15) is 4.79 Å². The number of isocyanates is 1. The lowest BCUT2D eigenvalue weighted by Crippen LogP contribution is -2.26. The number of carbonyl (C=O) groups excluding carboxylic acids is 1. The first-order valence-electron chi connectivity index (χ1n) is 4.12. The summed E-state index contributed by atoms with van der Waals surface area (Å²) < 4.78 is 10.6. The molecule has 6 heteroatoms. The van der Waals surface area contributed by atoms with Crippen molar-refractivity contribution in [1.29, 1.82) is 0 Å². The quantitative estimate of drug-likeness (QED) is 0.224.